The summed E-state index contributed by atoms with van der Waals surface area (Å²) < 4.78 is 5.32. The number of hydrogen-bond acceptors (Lipinski definition) is 6. The van der Waals surface area contributed by atoms with E-state index in [2.05, 4.69) is 31.4 Å². The van der Waals surface area contributed by atoms with Gasteiger partial charge in [-0.2, -0.15) is 10.2 Å². The predicted molar refractivity (Wildman–Crippen MR) is 90.3 cm³/mol. The van der Waals surface area contributed by atoms with Gasteiger partial charge in [0.25, 0.3) is 11.5 Å². The molecule has 3 rings (SSSR count). The number of nitrogens with zero attached hydrogens (tertiary/aromatic N) is 3. The van der Waals surface area contributed by atoms with Crippen LogP contribution in [0.5, 0.6) is 0 Å². The highest BCUT2D eigenvalue weighted by Gasteiger charge is 2.38. The lowest BCUT2D eigenvalue weighted by Crippen LogP contribution is -2.31. The van der Waals surface area contributed by atoms with E-state index in [1.165, 1.54) is 6.07 Å². The van der Waals surface area contributed by atoms with Crippen molar-refractivity contribution in [1.82, 2.24) is 15.3 Å². The summed E-state index contributed by atoms with van der Waals surface area (Å²) >= 11 is 0. The summed E-state index contributed by atoms with van der Waals surface area (Å²) in [5.74, 6) is 2.87. The van der Waals surface area contributed by atoms with E-state index in [4.69, 9.17) is 11.2 Å². The molecule has 1 aromatic rings. The molecule has 132 valence electrons. The summed E-state index contributed by atoms with van der Waals surface area (Å²) in [4.78, 5) is 31.2. The van der Waals surface area contributed by atoms with Gasteiger partial charge >= 0.3 is 0 Å². The van der Waals surface area contributed by atoms with Gasteiger partial charge in [-0.1, -0.05) is 0 Å². The molecule has 1 fully saturated rings. The van der Waals surface area contributed by atoms with Crippen LogP contribution in [0.4, 0.5) is 0 Å². The number of amides is 1. The zero-order valence-electron chi connectivity index (χ0n) is 14.0. The summed E-state index contributed by atoms with van der Waals surface area (Å²) in [5.41, 5.74) is -0.624. The first-order valence-electron chi connectivity index (χ1n) is 8.47. The molecule has 2 N–H and O–H groups in total. The molecule has 0 bridgehead atoms. The van der Waals surface area contributed by atoms with E-state index >= 15 is 0 Å². The molecular formula is C17H21N5O3. The quantitative estimate of drug-likeness (QED) is 0.729. The number of hydrogen-bond donors (Lipinski definition) is 2. The van der Waals surface area contributed by atoms with Gasteiger partial charge in [-0.05, 0) is 12.8 Å². The number of terminal acetylenes is 1. The van der Waals surface area contributed by atoms with Crippen LogP contribution in [0.15, 0.2) is 21.1 Å². The molecule has 0 unspecified atom stereocenters. The van der Waals surface area contributed by atoms with Crippen LogP contribution in [-0.2, 0) is 4.74 Å². The summed E-state index contributed by atoms with van der Waals surface area (Å²) in [5, 5.41) is 10.8. The van der Waals surface area contributed by atoms with E-state index in [-0.39, 0.29) is 23.1 Å². The molecule has 0 saturated carbocycles. The van der Waals surface area contributed by atoms with Gasteiger partial charge in [0.15, 0.2) is 5.66 Å². The average Bonchev–Trinajstić information content (AvgIpc) is 3.40. The molecule has 0 spiro atoms. The first-order chi connectivity index (χ1) is 12.1. The maximum Gasteiger partial charge on any atom is 0.270 e. The van der Waals surface area contributed by atoms with Crippen LogP contribution in [0.3, 0.4) is 0 Å². The Morgan fingerprint density at radius 2 is 2.16 bits per heavy atom. The maximum atomic E-state index is 12.3. The van der Waals surface area contributed by atoms with Crippen LogP contribution in [0.2, 0.25) is 0 Å². The summed E-state index contributed by atoms with van der Waals surface area (Å²) in [6.07, 6.45) is 8.71. The Morgan fingerprint density at radius 1 is 1.40 bits per heavy atom. The number of carbonyl (C=O) groups is 1. The monoisotopic (exact) mass is 343 g/mol. The minimum Gasteiger partial charge on any atom is -0.381 e. The molecule has 1 amide bonds. The standard InChI is InChI=1S/C17H21N5O3/c1-2-3-6-17(21-22-17)7-8-18-16(24)13-11-14(23)20-15(19-13)12-4-9-25-10-5-12/h1,11-12H,3-10H2,(H,18,24)(H,19,20,23). The van der Waals surface area contributed by atoms with Crippen molar-refractivity contribution in [1.29, 1.82) is 0 Å². The van der Waals surface area contributed by atoms with Crippen LogP contribution < -0.4 is 10.9 Å². The van der Waals surface area contributed by atoms with Crippen LogP contribution >= 0.6 is 0 Å². The molecule has 0 atom stereocenters. The van der Waals surface area contributed by atoms with Crippen molar-refractivity contribution in [3.05, 3.63) is 27.9 Å². The zero-order valence-corrected chi connectivity index (χ0v) is 14.0. The van der Waals surface area contributed by atoms with Crippen molar-refractivity contribution in [3.8, 4) is 12.3 Å². The van der Waals surface area contributed by atoms with E-state index in [1.54, 1.807) is 0 Å². The third-order valence-corrected chi connectivity index (χ3v) is 4.46. The van der Waals surface area contributed by atoms with Gasteiger partial charge in [0.1, 0.15) is 11.5 Å². The molecule has 8 heteroatoms. The predicted octanol–water partition coefficient (Wildman–Crippen LogP) is 1.36. The summed E-state index contributed by atoms with van der Waals surface area (Å²) in [6.45, 7) is 1.67. The summed E-state index contributed by atoms with van der Waals surface area (Å²) in [7, 11) is 0. The van der Waals surface area contributed by atoms with Gasteiger partial charge in [-0.15, -0.1) is 12.3 Å². The van der Waals surface area contributed by atoms with Gasteiger partial charge in [0.2, 0.25) is 0 Å². The molecule has 1 aromatic heterocycles. The molecule has 2 aliphatic rings. The summed E-state index contributed by atoms with van der Waals surface area (Å²) in [6, 6.07) is 1.22. The van der Waals surface area contributed by atoms with E-state index in [0.29, 0.717) is 44.8 Å². The topological polar surface area (TPSA) is 109 Å². The Balaban J connectivity index is 1.57. The molecule has 25 heavy (non-hydrogen) atoms. The Bertz CT molecular complexity index is 752. The number of rotatable bonds is 7. The zero-order chi connectivity index (χ0) is 17.7. The third kappa shape index (κ3) is 4.51. The molecule has 2 aliphatic heterocycles. The van der Waals surface area contributed by atoms with Crippen molar-refractivity contribution in [3.63, 3.8) is 0 Å². The van der Waals surface area contributed by atoms with Crippen LogP contribution in [0.25, 0.3) is 0 Å². The number of nitrogens with one attached hydrogen (secondary N) is 2. The molecule has 0 radical (unpaired) electrons. The Hall–Kier alpha value is -2.53. The highest BCUT2D eigenvalue weighted by Crippen LogP contribution is 2.36. The van der Waals surface area contributed by atoms with Crippen molar-refractivity contribution in [2.45, 2.75) is 43.7 Å². The van der Waals surface area contributed by atoms with Crippen molar-refractivity contribution in [2.24, 2.45) is 10.2 Å². The minimum absolute atomic E-state index is 0.116. The van der Waals surface area contributed by atoms with Gasteiger partial charge in [0.05, 0.1) is 0 Å². The molecular weight excluding hydrogens is 322 g/mol. The second kappa shape index (κ2) is 7.57. The second-order valence-corrected chi connectivity index (χ2v) is 6.29. The first kappa shape index (κ1) is 17.3. The molecule has 3 heterocycles. The SMILES string of the molecule is C#CCCC1(CCNC(=O)c2cc(=O)[nH]c(C3CCOCC3)n2)N=N1. The number of ether oxygens (including phenoxy) is 1. The molecule has 8 nitrogen and oxygen atoms in total. The van der Waals surface area contributed by atoms with Gasteiger partial charge in [-0.3, -0.25) is 9.59 Å². The highest BCUT2D eigenvalue weighted by molar-refractivity contribution is 5.92. The van der Waals surface area contributed by atoms with Gasteiger partial charge in [-0.25, -0.2) is 4.98 Å². The normalized spacial score (nSPS) is 18.5. The van der Waals surface area contributed by atoms with Gasteiger partial charge < -0.3 is 15.0 Å². The fraction of sp³-hybridized carbons (Fsp3) is 0.588. The lowest BCUT2D eigenvalue weighted by Gasteiger charge is -2.21. The van der Waals surface area contributed by atoms with E-state index in [1.807, 2.05) is 0 Å². The fourth-order valence-electron chi connectivity index (χ4n) is 2.89. The molecule has 0 aromatic carbocycles. The van der Waals surface area contributed by atoms with Crippen LogP contribution in [0, 0.1) is 12.3 Å². The van der Waals surface area contributed by atoms with E-state index < -0.39 is 5.66 Å². The fourth-order valence-corrected chi connectivity index (χ4v) is 2.89. The molecule has 1 saturated heterocycles. The lowest BCUT2D eigenvalue weighted by molar-refractivity contribution is 0.0833. The average molecular weight is 343 g/mol. The smallest absolute Gasteiger partial charge is 0.270 e. The number of carbonyl (C=O) groups excluding carboxylic acids is 1. The Morgan fingerprint density at radius 3 is 2.84 bits per heavy atom. The Labute approximate surface area is 145 Å². The first-order valence-corrected chi connectivity index (χ1v) is 8.47. The van der Waals surface area contributed by atoms with Crippen molar-refractivity contribution < 1.29 is 9.53 Å². The maximum absolute atomic E-state index is 12.3. The largest absolute Gasteiger partial charge is 0.381 e. The van der Waals surface area contributed by atoms with E-state index in [0.717, 1.165) is 12.8 Å². The minimum atomic E-state index is -0.436. The molecule has 0 aliphatic carbocycles. The highest BCUT2D eigenvalue weighted by atomic mass is 16.5. The van der Waals surface area contributed by atoms with Crippen LogP contribution in [-0.4, -0.2) is 41.3 Å². The Kier molecular flexibility index (Phi) is 5.24. The second-order valence-electron chi connectivity index (χ2n) is 6.29. The van der Waals surface area contributed by atoms with Crippen LogP contribution in [0.1, 0.15) is 54.3 Å². The van der Waals surface area contributed by atoms with Gasteiger partial charge in [0, 0.05) is 51.0 Å². The number of aromatic amines is 1. The lowest BCUT2D eigenvalue weighted by atomic mass is 9.99. The van der Waals surface area contributed by atoms with E-state index in [9.17, 15) is 9.59 Å². The number of aromatic nitrogens is 2. The third-order valence-electron chi connectivity index (χ3n) is 4.46. The van der Waals surface area contributed by atoms with Crippen molar-refractivity contribution >= 4 is 5.91 Å². The number of H-pyrrole nitrogens is 1. The van der Waals surface area contributed by atoms with Crippen molar-refractivity contribution in [2.75, 3.05) is 19.8 Å².